The van der Waals surface area contributed by atoms with E-state index in [-0.39, 0.29) is 11.4 Å². The Morgan fingerprint density at radius 1 is 1.44 bits per heavy atom. The van der Waals surface area contributed by atoms with Crippen molar-refractivity contribution in [3.05, 3.63) is 47.0 Å². The highest BCUT2D eigenvalue weighted by molar-refractivity contribution is 7.89. The molecule has 96 valence electrons. The van der Waals surface area contributed by atoms with Crippen molar-refractivity contribution in [2.24, 2.45) is 0 Å². The molecule has 0 aliphatic carbocycles. The molecule has 2 rings (SSSR count). The Hall–Kier alpha value is -1.37. The Morgan fingerprint density at radius 2 is 2.22 bits per heavy atom. The van der Waals surface area contributed by atoms with Crippen molar-refractivity contribution >= 4 is 21.6 Å². The molecule has 0 aliphatic heterocycles. The molecule has 2 aromatic rings. The normalized spacial score (nSPS) is 11.7. The van der Waals surface area contributed by atoms with E-state index in [0.29, 0.717) is 16.3 Å². The number of nitrogens with zero attached hydrogens (tertiary/aromatic N) is 1. The van der Waals surface area contributed by atoms with E-state index in [0.717, 1.165) is 0 Å². The third-order valence-corrected chi connectivity index (χ3v) is 4.47. The number of nitrogens with one attached hydrogen (secondary N) is 2. The van der Waals surface area contributed by atoms with Gasteiger partial charge >= 0.3 is 0 Å². The molecule has 0 radical (unpaired) electrons. The van der Waals surface area contributed by atoms with Gasteiger partial charge in [0.25, 0.3) is 0 Å². The summed E-state index contributed by atoms with van der Waals surface area (Å²) in [6.07, 6.45) is 3.06. The van der Waals surface area contributed by atoms with Gasteiger partial charge in [0.15, 0.2) is 0 Å². The van der Waals surface area contributed by atoms with Crippen molar-refractivity contribution in [3.63, 3.8) is 0 Å². The minimum atomic E-state index is -3.57. The summed E-state index contributed by atoms with van der Waals surface area (Å²) in [6.45, 7) is 1.83. The van der Waals surface area contributed by atoms with Crippen LogP contribution in [0.5, 0.6) is 0 Å². The summed E-state index contributed by atoms with van der Waals surface area (Å²) in [6, 6.07) is 4.79. The van der Waals surface area contributed by atoms with E-state index in [1.165, 1.54) is 12.4 Å². The van der Waals surface area contributed by atoms with E-state index in [1.807, 2.05) is 0 Å². The van der Waals surface area contributed by atoms with Crippen LogP contribution >= 0.6 is 11.6 Å². The average molecular weight is 286 g/mol. The molecule has 0 saturated heterocycles. The van der Waals surface area contributed by atoms with Crippen LogP contribution in [-0.4, -0.2) is 18.4 Å². The molecule has 2 N–H and O–H groups in total. The van der Waals surface area contributed by atoms with Crippen LogP contribution in [0.4, 0.5) is 0 Å². The van der Waals surface area contributed by atoms with Gasteiger partial charge in [-0.05, 0) is 24.6 Å². The minimum absolute atomic E-state index is 0.161. The van der Waals surface area contributed by atoms with Gasteiger partial charge in [0.05, 0.1) is 17.8 Å². The molecule has 1 aromatic carbocycles. The Labute approximate surface area is 110 Å². The van der Waals surface area contributed by atoms with Gasteiger partial charge in [-0.15, -0.1) is 0 Å². The van der Waals surface area contributed by atoms with Crippen LogP contribution in [-0.2, 0) is 16.6 Å². The lowest BCUT2D eigenvalue weighted by molar-refractivity contribution is 0.580. The largest absolute Gasteiger partial charge is 0.347 e. The van der Waals surface area contributed by atoms with Crippen LogP contribution in [0.1, 0.15) is 11.3 Å². The van der Waals surface area contributed by atoms with Crippen molar-refractivity contribution in [2.45, 2.75) is 18.4 Å². The summed E-state index contributed by atoms with van der Waals surface area (Å²) in [7, 11) is -3.57. The van der Waals surface area contributed by atoms with Crippen LogP contribution < -0.4 is 4.72 Å². The summed E-state index contributed by atoms with van der Waals surface area (Å²) in [4.78, 5) is 6.83. The molecule has 1 aromatic heterocycles. The number of hydrogen-bond donors (Lipinski definition) is 2. The maximum absolute atomic E-state index is 12.1. The Morgan fingerprint density at radius 3 is 2.89 bits per heavy atom. The predicted molar refractivity (Wildman–Crippen MR) is 68.8 cm³/mol. The first kappa shape index (κ1) is 13.1. The fraction of sp³-hybridized carbons (Fsp3) is 0.182. The Bertz CT molecular complexity index is 638. The quantitative estimate of drug-likeness (QED) is 0.900. The van der Waals surface area contributed by atoms with Crippen molar-refractivity contribution < 1.29 is 8.42 Å². The first-order chi connectivity index (χ1) is 8.50. The third kappa shape index (κ3) is 2.72. The lowest BCUT2D eigenvalue weighted by Crippen LogP contribution is -2.24. The molecular formula is C11H12ClN3O2S. The van der Waals surface area contributed by atoms with Gasteiger partial charge in [0.2, 0.25) is 10.0 Å². The predicted octanol–water partition coefficient (Wildman–Crippen LogP) is 1.85. The van der Waals surface area contributed by atoms with E-state index in [9.17, 15) is 8.42 Å². The summed E-state index contributed by atoms with van der Waals surface area (Å²) >= 11 is 5.91. The molecule has 0 aliphatic rings. The number of hydrogen-bond acceptors (Lipinski definition) is 3. The molecule has 0 saturated carbocycles. The second-order valence-corrected chi connectivity index (χ2v) is 5.91. The van der Waals surface area contributed by atoms with Crippen LogP contribution in [0.2, 0.25) is 5.02 Å². The molecule has 0 amide bonds. The zero-order valence-electron chi connectivity index (χ0n) is 9.64. The van der Waals surface area contributed by atoms with Gasteiger partial charge in [-0.25, -0.2) is 18.1 Å². The van der Waals surface area contributed by atoms with Crippen LogP contribution in [0.3, 0.4) is 0 Å². The number of benzene rings is 1. The van der Waals surface area contributed by atoms with Crippen LogP contribution in [0.25, 0.3) is 0 Å². The standard InChI is InChI=1S/C11H12ClN3O2S/c1-8-10(12)3-2-4-11(8)18(16,17)15-6-9-5-13-7-14-9/h2-5,7,15H,6H2,1H3,(H,13,14). The zero-order valence-corrected chi connectivity index (χ0v) is 11.2. The average Bonchev–Trinajstić information content (AvgIpc) is 2.83. The first-order valence-corrected chi connectivity index (χ1v) is 7.09. The van der Waals surface area contributed by atoms with Crippen molar-refractivity contribution in [1.82, 2.24) is 14.7 Å². The minimum Gasteiger partial charge on any atom is -0.347 e. The van der Waals surface area contributed by atoms with Crippen LogP contribution in [0.15, 0.2) is 35.6 Å². The SMILES string of the molecule is Cc1c(Cl)cccc1S(=O)(=O)NCc1cnc[nH]1. The molecule has 0 spiro atoms. The van der Waals surface area contributed by atoms with Crippen molar-refractivity contribution in [2.75, 3.05) is 0 Å². The number of imidazole rings is 1. The molecular weight excluding hydrogens is 274 g/mol. The Kier molecular flexibility index (Phi) is 3.70. The highest BCUT2D eigenvalue weighted by atomic mass is 35.5. The lowest BCUT2D eigenvalue weighted by Gasteiger charge is -2.09. The molecule has 1 heterocycles. The number of aromatic nitrogens is 2. The van der Waals surface area contributed by atoms with E-state index in [1.54, 1.807) is 25.3 Å². The molecule has 7 heteroatoms. The zero-order chi connectivity index (χ0) is 13.2. The van der Waals surface area contributed by atoms with Gasteiger partial charge in [-0.2, -0.15) is 0 Å². The maximum Gasteiger partial charge on any atom is 0.241 e. The monoisotopic (exact) mass is 285 g/mol. The van der Waals surface area contributed by atoms with E-state index in [4.69, 9.17) is 11.6 Å². The van der Waals surface area contributed by atoms with Crippen molar-refractivity contribution in [3.8, 4) is 0 Å². The third-order valence-electron chi connectivity index (χ3n) is 2.52. The summed E-state index contributed by atoms with van der Waals surface area (Å²) in [5.41, 5.74) is 1.23. The van der Waals surface area contributed by atoms with Crippen LogP contribution in [0, 0.1) is 6.92 Å². The highest BCUT2D eigenvalue weighted by Gasteiger charge is 2.17. The molecule has 0 atom stereocenters. The maximum atomic E-state index is 12.1. The van der Waals surface area contributed by atoms with Gasteiger partial charge in [0, 0.05) is 16.9 Å². The molecule has 0 unspecified atom stereocenters. The summed E-state index contributed by atoms with van der Waals surface area (Å²) in [5, 5.41) is 0.430. The lowest BCUT2D eigenvalue weighted by atomic mass is 10.2. The van der Waals surface area contributed by atoms with E-state index >= 15 is 0 Å². The van der Waals surface area contributed by atoms with Gasteiger partial charge < -0.3 is 4.98 Å². The van der Waals surface area contributed by atoms with E-state index in [2.05, 4.69) is 14.7 Å². The fourth-order valence-electron chi connectivity index (χ4n) is 1.51. The second-order valence-electron chi connectivity index (χ2n) is 3.76. The van der Waals surface area contributed by atoms with E-state index < -0.39 is 10.0 Å². The van der Waals surface area contributed by atoms with Gasteiger partial charge in [-0.1, -0.05) is 17.7 Å². The smallest absolute Gasteiger partial charge is 0.241 e. The van der Waals surface area contributed by atoms with Crippen molar-refractivity contribution in [1.29, 1.82) is 0 Å². The topological polar surface area (TPSA) is 74.8 Å². The number of halogens is 1. The molecule has 5 nitrogen and oxygen atoms in total. The molecule has 0 fully saturated rings. The first-order valence-electron chi connectivity index (χ1n) is 5.23. The second kappa shape index (κ2) is 5.09. The summed E-state index contributed by atoms with van der Waals surface area (Å²) < 4.78 is 26.7. The number of aromatic amines is 1. The number of sulfonamides is 1. The Balaban J connectivity index is 2.23. The fourth-order valence-corrected chi connectivity index (χ4v) is 3.01. The van der Waals surface area contributed by atoms with Gasteiger partial charge in [0.1, 0.15) is 0 Å². The highest BCUT2D eigenvalue weighted by Crippen LogP contribution is 2.22. The molecule has 18 heavy (non-hydrogen) atoms. The summed E-state index contributed by atoms with van der Waals surface area (Å²) in [5.74, 6) is 0. The molecule has 0 bridgehead atoms. The van der Waals surface area contributed by atoms with Gasteiger partial charge in [-0.3, -0.25) is 0 Å². The number of H-pyrrole nitrogens is 1. The number of rotatable bonds is 4.